The molecule has 0 saturated heterocycles. The average Bonchev–Trinajstić information content (AvgIpc) is 2.72. The summed E-state index contributed by atoms with van der Waals surface area (Å²) in [5, 5.41) is 0. The highest BCUT2D eigenvalue weighted by atomic mass is 14.6. The van der Waals surface area contributed by atoms with Crippen molar-refractivity contribution in [3.63, 3.8) is 0 Å². The van der Waals surface area contributed by atoms with Crippen LogP contribution in [0.25, 0.3) is 0 Å². The molecule has 2 N–H and O–H groups in total. The van der Waals surface area contributed by atoms with E-state index in [1.807, 2.05) is 0 Å². The normalized spacial score (nSPS) is 36.5. The van der Waals surface area contributed by atoms with E-state index in [2.05, 4.69) is 41.5 Å². The molecule has 4 fully saturated rings. The summed E-state index contributed by atoms with van der Waals surface area (Å²) in [5.74, 6) is 5.87. The van der Waals surface area contributed by atoms with Gasteiger partial charge in [0.2, 0.25) is 0 Å². The van der Waals surface area contributed by atoms with Crippen molar-refractivity contribution < 1.29 is 0 Å². The van der Waals surface area contributed by atoms with Crippen molar-refractivity contribution in [3.05, 3.63) is 0 Å². The van der Waals surface area contributed by atoms with E-state index < -0.39 is 0 Å². The van der Waals surface area contributed by atoms with Gasteiger partial charge < -0.3 is 5.73 Å². The lowest BCUT2D eigenvalue weighted by Gasteiger charge is -2.24. The van der Waals surface area contributed by atoms with Gasteiger partial charge in [-0.05, 0) is 61.2 Å². The minimum Gasteiger partial charge on any atom is -0.327 e. The van der Waals surface area contributed by atoms with Gasteiger partial charge in [-0.2, -0.15) is 0 Å². The first-order chi connectivity index (χ1) is 14.8. The summed E-state index contributed by atoms with van der Waals surface area (Å²) in [4.78, 5) is 0. The molecule has 0 aliphatic heterocycles. The van der Waals surface area contributed by atoms with Gasteiger partial charge in [-0.3, -0.25) is 0 Å². The van der Waals surface area contributed by atoms with Crippen LogP contribution in [0.3, 0.4) is 0 Å². The molecule has 0 aromatic heterocycles. The van der Waals surface area contributed by atoms with Crippen molar-refractivity contribution in [1.82, 2.24) is 0 Å². The molecular weight excluding hydrogens is 374 g/mol. The molecular formula is C30H61N. The fourth-order valence-corrected chi connectivity index (χ4v) is 6.13. The molecule has 0 aromatic rings. The van der Waals surface area contributed by atoms with Gasteiger partial charge in [-0.25, -0.2) is 0 Å². The molecule has 31 heavy (non-hydrogen) atoms. The molecule has 4 aliphatic carbocycles. The summed E-state index contributed by atoms with van der Waals surface area (Å²) in [7, 11) is 0. The van der Waals surface area contributed by atoms with E-state index in [0.29, 0.717) is 6.04 Å². The zero-order valence-electron chi connectivity index (χ0n) is 22.6. The third-order valence-electron chi connectivity index (χ3n) is 8.47. The number of hydrogen-bond donors (Lipinski definition) is 1. The predicted octanol–water partition coefficient (Wildman–Crippen LogP) is 9.78. The minimum atomic E-state index is 0.503. The maximum Gasteiger partial charge on any atom is 0.00645 e. The highest BCUT2D eigenvalue weighted by molar-refractivity contribution is 4.73. The second kappa shape index (κ2) is 17.4. The van der Waals surface area contributed by atoms with Crippen LogP contribution in [0.4, 0.5) is 0 Å². The van der Waals surface area contributed by atoms with Crippen LogP contribution < -0.4 is 5.73 Å². The van der Waals surface area contributed by atoms with Crippen molar-refractivity contribution in [1.29, 1.82) is 0 Å². The smallest absolute Gasteiger partial charge is 0.00645 e. The maximum atomic E-state index is 5.78. The van der Waals surface area contributed by atoms with Crippen molar-refractivity contribution >= 4 is 0 Å². The van der Waals surface area contributed by atoms with Gasteiger partial charge in [0.1, 0.15) is 0 Å². The van der Waals surface area contributed by atoms with Gasteiger partial charge in [-0.15, -0.1) is 0 Å². The lowest BCUT2D eigenvalue weighted by Crippen LogP contribution is -2.30. The number of rotatable bonds is 0. The molecule has 0 amide bonds. The molecule has 0 aromatic carbocycles. The monoisotopic (exact) mass is 435 g/mol. The van der Waals surface area contributed by atoms with Crippen LogP contribution in [0.2, 0.25) is 0 Å². The Kier molecular flexibility index (Phi) is 16.3. The summed E-state index contributed by atoms with van der Waals surface area (Å²) in [5.41, 5.74) is 5.78. The van der Waals surface area contributed by atoms with Gasteiger partial charge in [0.25, 0.3) is 0 Å². The van der Waals surface area contributed by atoms with Crippen LogP contribution >= 0.6 is 0 Å². The Morgan fingerprint density at radius 3 is 0.968 bits per heavy atom. The zero-order valence-corrected chi connectivity index (χ0v) is 22.6. The fourth-order valence-electron chi connectivity index (χ4n) is 6.13. The summed E-state index contributed by atoms with van der Waals surface area (Å²) < 4.78 is 0. The lowest BCUT2D eigenvalue weighted by atomic mass is 9.84. The molecule has 6 unspecified atom stereocenters. The highest BCUT2D eigenvalue weighted by Crippen LogP contribution is 2.28. The number of hydrogen-bond acceptors (Lipinski definition) is 1. The Hall–Kier alpha value is -0.0400. The summed E-state index contributed by atoms with van der Waals surface area (Å²) in [6.07, 6.45) is 24.6. The molecule has 0 bridgehead atoms. The summed E-state index contributed by atoms with van der Waals surface area (Å²) >= 11 is 0. The average molecular weight is 436 g/mol. The van der Waals surface area contributed by atoms with Crippen LogP contribution in [0.1, 0.15) is 151 Å². The Morgan fingerprint density at radius 1 is 0.387 bits per heavy atom. The second-order valence-corrected chi connectivity index (χ2v) is 12.4. The van der Waals surface area contributed by atoms with E-state index in [9.17, 15) is 0 Å². The summed E-state index contributed by atoms with van der Waals surface area (Å²) in [6.45, 7) is 14.1. The summed E-state index contributed by atoms with van der Waals surface area (Å²) in [6, 6.07) is 0.503. The van der Waals surface area contributed by atoms with E-state index in [1.54, 1.807) is 0 Å². The van der Waals surface area contributed by atoms with Gasteiger partial charge in [0, 0.05) is 6.04 Å². The molecule has 4 rings (SSSR count). The molecule has 1 heteroatoms. The Labute approximate surface area is 198 Å². The van der Waals surface area contributed by atoms with E-state index in [1.165, 1.54) is 109 Å². The van der Waals surface area contributed by atoms with Crippen molar-refractivity contribution in [2.75, 3.05) is 0 Å². The first-order valence-electron chi connectivity index (χ1n) is 14.5. The molecule has 6 atom stereocenters. The van der Waals surface area contributed by atoms with Gasteiger partial charge >= 0.3 is 0 Å². The topological polar surface area (TPSA) is 26.0 Å². The first-order valence-corrected chi connectivity index (χ1v) is 14.5. The molecule has 0 spiro atoms. The zero-order chi connectivity index (χ0) is 23.1. The minimum absolute atomic E-state index is 0.503. The van der Waals surface area contributed by atoms with Gasteiger partial charge in [0.15, 0.2) is 0 Å². The predicted molar refractivity (Wildman–Crippen MR) is 141 cm³/mol. The van der Waals surface area contributed by atoms with E-state index in [-0.39, 0.29) is 0 Å². The molecule has 186 valence electrons. The molecule has 4 saturated carbocycles. The van der Waals surface area contributed by atoms with Crippen LogP contribution in [0.5, 0.6) is 0 Å². The molecule has 4 aliphatic rings. The number of nitrogens with two attached hydrogens (primary N) is 1. The quantitative estimate of drug-likeness (QED) is 0.402. The second-order valence-electron chi connectivity index (χ2n) is 12.4. The fraction of sp³-hybridized carbons (Fsp3) is 1.00. The van der Waals surface area contributed by atoms with E-state index in [4.69, 9.17) is 5.73 Å². The van der Waals surface area contributed by atoms with E-state index >= 15 is 0 Å². The molecule has 0 radical (unpaired) electrons. The van der Waals surface area contributed by atoms with E-state index in [0.717, 1.165) is 35.5 Å². The Bertz CT molecular complexity index is 353. The standard InChI is InChI=1S/2C8H16.C7H15N.C7H14/c2*1-7-4-3-5-8(2)6-7;1-6-4-2-3-5-7(6)8;1-7-5-3-2-4-6-7/h2*7-8H,3-6H2,1-2H3;6-7H,2-5,8H2,1H3;7H,2-6H2,1H3. The van der Waals surface area contributed by atoms with Crippen molar-refractivity contribution in [2.45, 2.75) is 157 Å². The van der Waals surface area contributed by atoms with Gasteiger partial charge in [-0.1, -0.05) is 125 Å². The Balaban J connectivity index is 0.000000207. The van der Waals surface area contributed by atoms with Gasteiger partial charge in [0.05, 0.1) is 0 Å². The highest BCUT2D eigenvalue weighted by Gasteiger charge is 2.16. The maximum absolute atomic E-state index is 5.78. The Morgan fingerprint density at radius 2 is 0.742 bits per heavy atom. The third-order valence-corrected chi connectivity index (χ3v) is 8.47. The lowest BCUT2D eigenvalue weighted by molar-refractivity contribution is 0.301. The van der Waals surface area contributed by atoms with Crippen LogP contribution in [-0.2, 0) is 0 Å². The van der Waals surface area contributed by atoms with Crippen molar-refractivity contribution in [2.24, 2.45) is 41.2 Å². The van der Waals surface area contributed by atoms with Crippen molar-refractivity contribution in [3.8, 4) is 0 Å². The first kappa shape index (κ1) is 29.0. The molecule has 0 heterocycles. The SMILES string of the molecule is CC1CCCC(C)C1.CC1CCCC(C)C1.CC1CCCCC1.CC1CCCCC1N. The largest absolute Gasteiger partial charge is 0.327 e. The molecule has 1 nitrogen and oxygen atoms in total. The van der Waals surface area contributed by atoms with Crippen LogP contribution in [0.15, 0.2) is 0 Å². The third kappa shape index (κ3) is 15.4. The van der Waals surface area contributed by atoms with Crippen LogP contribution in [0, 0.1) is 35.5 Å². The van der Waals surface area contributed by atoms with Crippen LogP contribution in [-0.4, -0.2) is 6.04 Å².